The molecule has 0 radical (unpaired) electrons. The molecule has 14 heavy (non-hydrogen) atoms. The molecule has 0 aliphatic carbocycles. The van der Waals surface area contributed by atoms with Gasteiger partial charge in [-0.25, -0.2) is 0 Å². The Hall–Kier alpha value is -1.06. The molecule has 1 aromatic carbocycles. The van der Waals surface area contributed by atoms with Gasteiger partial charge in [-0.2, -0.15) is 0 Å². The van der Waals surface area contributed by atoms with Gasteiger partial charge >= 0.3 is 0 Å². The van der Waals surface area contributed by atoms with Crippen LogP contribution in [-0.4, -0.2) is 26.4 Å². The standard InChI is InChI=1S/C11H17NO2/c1-9-4-3-5-11(6-9)14-8-10(12)7-13-2/h3-6,10H,7-8,12H2,1-2H3. The molecule has 3 heteroatoms. The number of nitrogens with two attached hydrogens (primary N) is 1. The summed E-state index contributed by atoms with van der Waals surface area (Å²) in [7, 11) is 1.63. The Kier molecular flexibility index (Phi) is 4.43. The van der Waals surface area contributed by atoms with Gasteiger partial charge in [-0.1, -0.05) is 12.1 Å². The fourth-order valence-corrected chi connectivity index (χ4v) is 1.17. The smallest absolute Gasteiger partial charge is 0.119 e. The van der Waals surface area contributed by atoms with E-state index in [0.717, 1.165) is 5.75 Å². The van der Waals surface area contributed by atoms with E-state index in [-0.39, 0.29) is 6.04 Å². The maximum absolute atomic E-state index is 5.72. The summed E-state index contributed by atoms with van der Waals surface area (Å²) in [6, 6.07) is 7.83. The normalized spacial score (nSPS) is 12.5. The molecule has 1 atom stereocenters. The summed E-state index contributed by atoms with van der Waals surface area (Å²) in [5, 5.41) is 0. The summed E-state index contributed by atoms with van der Waals surface area (Å²) in [4.78, 5) is 0. The highest BCUT2D eigenvalue weighted by atomic mass is 16.5. The summed E-state index contributed by atoms with van der Waals surface area (Å²) in [5.74, 6) is 0.858. The van der Waals surface area contributed by atoms with Crippen molar-refractivity contribution in [2.45, 2.75) is 13.0 Å². The van der Waals surface area contributed by atoms with E-state index in [4.69, 9.17) is 15.2 Å². The van der Waals surface area contributed by atoms with Crippen LogP contribution in [0.2, 0.25) is 0 Å². The minimum absolute atomic E-state index is 0.0690. The van der Waals surface area contributed by atoms with Crippen LogP contribution in [0.15, 0.2) is 24.3 Å². The van der Waals surface area contributed by atoms with Gasteiger partial charge in [-0.3, -0.25) is 0 Å². The van der Waals surface area contributed by atoms with Gasteiger partial charge in [0.05, 0.1) is 12.6 Å². The second kappa shape index (κ2) is 5.62. The Bertz CT molecular complexity index is 276. The molecular weight excluding hydrogens is 178 g/mol. The molecule has 78 valence electrons. The van der Waals surface area contributed by atoms with Crippen molar-refractivity contribution in [1.82, 2.24) is 0 Å². The van der Waals surface area contributed by atoms with Crippen molar-refractivity contribution in [2.24, 2.45) is 5.73 Å². The van der Waals surface area contributed by atoms with E-state index < -0.39 is 0 Å². The number of benzene rings is 1. The number of ether oxygens (including phenoxy) is 2. The molecule has 0 aliphatic rings. The minimum atomic E-state index is -0.0690. The molecule has 0 bridgehead atoms. The average Bonchev–Trinajstić information content (AvgIpc) is 2.15. The second-order valence-electron chi connectivity index (χ2n) is 3.34. The largest absolute Gasteiger partial charge is 0.492 e. The van der Waals surface area contributed by atoms with Crippen LogP contribution >= 0.6 is 0 Å². The molecule has 1 rings (SSSR count). The lowest BCUT2D eigenvalue weighted by Gasteiger charge is -2.12. The SMILES string of the molecule is COCC(N)COc1cccc(C)c1. The van der Waals surface area contributed by atoms with Crippen LogP contribution in [0.5, 0.6) is 5.75 Å². The van der Waals surface area contributed by atoms with Crippen molar-refractivity contribution in [2.75, 3.05) is 20.3 Å². The van der Waals surface area contributed by atoms with Crippen molar-refractivity contribution in [1.29, 1.82) is 0 Å². The van der Waals surface area contributed by atoms with Gasteiger partial charge in [0.2, 0.25) is 0 Å². The topological polar surface area (TPSA) is 44.5 Å². The fraction of sp³-hybridized carbons (Fsp3) is 0.455. The van der Waals surface area contributed by atoms with Crippen molar-refractivity contribution < 1.29 is 9.47 Å². The first-order chi connectivity index (χ1) is 6.72. The second-order valence-corrected chi connectivity index (χ2v) is 3.34. The Balaban J connectivity index is 2.37. The maximum Gasteiger partial charge on any atom is 0.119 e. The Labute approximate surface area is 84.8 Å². The lowest BCUT2D eigenvalue weighted by atomic mass is 10.2. The highest BCUT2D eigenvalue weighted by molar-refractivity contribution is 5.27. The summed E-state index contributed by atoms with van der Waals surface area (Å²) in [6.07, 6.45) is 0. The zero-order chi connectivity index (χ0) is 10.4. The summed E-state index contributed by atoms with van der Waals surface area (Å²) < 4.78 is 10.4. The monoisotopic (exact) mass is 195 g/mol. The van der Waals surface area contributed by atoms with Crippen molar-refractivity contribution in [3.63, 3.8) is 0 Å². The van der Waals surface area contributed by atoms with E-state index in [9.17, 15) is 0 Å². The van der Waals surface area contributed by atoms with E-state index in [1.807, 2.05) is 31.2 Å². The van der Waals surface area contributed by atoms with E-state index in [1.54, 1.807) is 7.11 Å². The first-order valence-corrected chi connectivity index (χ1v) is 4.66. The number of hydrogen-bond donors (Lipinski definition) is 1. The van der Waals surface area contributed by atoms with Gasteiger partial charge in [0, 0.05) is 7.11 Å². The lowest BCUT2D eigenvalue weighted by Crippen LogP contribution is -2.32. The number of aryl methyl sites for hydroxylation is 1. The molecule has 3 nitrogen and oxygen atoms in total. The van der Waals surface area contributed by atoms with Crippen LogP contribution in [-0.2, 0) is 4.74 Å². The Morgan fingerprint density at radius 2 is 2.14 bits per heavy atom. The predicted octanol–water partition coefficient (Wildman–Crippen LogP) is 1.35. The van der Waals surface area contributed by atoms with Crippen LogP contribution in [0.3, 0.4) is 0 Å². The van der Waals surface area contributed by atoms with Gasteiger partial charge in [-0.15, -0.1) is 0 Å². The third-order valence-electron chi connectivity index (χ3n) is 1.83. The van der Waals surface area contributed by atoms with E-state index >= 15 is 0 Å². The quantitative estimate of drug-likeness (QED) is 0.771. The first kappa shape index (κ1) is 11.0. The van der Waals surface area contributed by atoms with Crippen LogP contribution in [0.4, 0.5) is 0 Å². The van der Waals surface area contributed by atoms with E-state index in [1.165, 1.54) is 5.56 Å². The average molecular weight is 195 g/mol. The zero-order valence-electron chi connectivity index (χ0n) is 8.69. The first-order valence-electron chi connectivity index (χ1n) is 4.66. The molecule has 1 aromatic rings. The number of hydrogen-bond acceptors (Lipinski definition) is 3. The molecular formula is C11H17NO2. The van der Waals surface area contributed by atoms with Crippen molar-refractivity contribution in [3.05, 3.63) is 29.8 Å². The maximum atomic E-state index is 5.72. The Morgan fingerprint density at radius 1 is 1.36 bits per heavy atom. The molecule has 0 amide bonds. The van der Waals surface area contributed by atoms with Gasteiger partial charge < -0.3 is 15.2 Å². The highest BCUT2D eigenvalue weighted by Gasteiger charge is 2.02. The molecule has 0 saturated carbocycles. The molecule has 2 N–H and O–H groups in total. The molecule has 0 aliphatic heterocycles. The van der Waals surface area contributed by atoms with Gasteiger partial charge in [0.25, 0.3) is 0 Å². The number of methoxy groups -OCH3 is 1. The Morgan fingerprint density at radius 3 is 2.79 bits per heavy atom. The zero-order valence-corrected chi connectivity index (χ0v) is 8.69. The molecule has 0 fully saturated rings. The van der Waals surface area contributed by atoms with Crippen LogP contribution in [0.1, 0.15) is 5.56 Å². The van der Waals surface area contributed by atoms with Crippen LogP contribution in [0.25, 0.3) is 0 Å². The summed E-state index contributed by atoms with van der Waals surface area (Å²) >= 11 is 0. The summed E-state index contributed by atoms with van der Waals surface area (Å²) in [5.41, 5.74) is 6.90. The van der Waals surface area contributed by atoms with Crippen LogP contribution in [0, 0.1) is 6.92 Å². The molecule has 0 aromatic heterocycles. The van der Waals surface area contributed by atoms with Crippen LogP contribution < -0.4 is 10.5 Å². The lowest BCUT2D eigenvalue weighted by molar-refractivity contribution is 0.152. The van der Waals surface area contributed by atoms with Crippen molar-refractivity contribution >= 4 is 0 Å². The highest BCUT2D eigenvalue weighted by Crippen LogP contribution is 2.12. The third-order valence-corrected chi connectivity index (χ3v) is 1.83. The van der Waals surface area contributed by atoms with Gasteiger partial charge in [-0.05, 0) is 24.6 Å². The minimum Gasteiger partial charge on any atom is -0.492 e. The molecule has 1 unspecified atom stereocenters. The third kappa shape index (κ3) is 3.77. The van der Waals surface area contributed by atoms with E-state index in [0.29, 0.717) is 13.2 Å². The summed E-state index contributed by atoms with van der Waals surface area (Å²) in [6.45, 7) is 3.03. The van der Waals surface area contributed by atoms with Gasteiger partial charge in [0.1, 0.15) is 12.4 Å². The fourth-order valence-electron chi connectivity index (χ4n) is 1.17. The van der Waals surface area contributed by atoms with Crippen molar-refractivity contribution in [3.8, 4) is 5.75 Å². The van der Waals surface area contributed by atoms with Gasteiger partial charge in [0.15, 0.2) is 0 Å². The predicted molar refractivity (Wildman–Crippen MR) is 56.5 cm³/mol. The molecule has 0 spiro atoms. The number of rotatable bonds is 5. The van der Waals surface area contributed by atoms with E-state index in [2.05, 4.69) is 0 Å². The molecule has 0 saturated heterocycles. The molecule has 0 heterocycles.